The molecule has 2 aliphatic heterocycles. The molecule has 1 aromatic rings. The van der Waals surface area contributed by atoms with Crippen molar-refractivity contribution in [2.24, 2.45) is 5.92 Å². The largest absolute Gasteiger partial charge is 0.503 e. The van der Waals surface area contributed by atoms with Crippen molar-refractivity contribution in [3.63, 3.8) is 0 Å². The van der Waals surface area contributed by atoms with E-state index in [1.165, 1.54) is 12.1 Å². The number of amides is 2. The van der Waals surface area contributed by atoms with Gasteiger partial charge in [-0.15, -0.1) is 0 Å². The maximum atomic E-state index is 13.1. The molecule has 2 fully saturated rings. The Balaban J connectivity index is 1.64. The van der Waals surface area contributed by atoms with Gasteiger partial charge in [0.05, 0.1) is 11.1 Å². The van der Waals surface area contributed by atoms with Gasteiger partial charge in [0.1, 0.15) is 5.82 Å². The second-order valence-electron chi connectivity index (χ2n) is 7.28. The van der Waals surface area contributed by atoms with E-state index in [9.17, 15) is 19.1 Å². The van der Waals surface area contributed by atoms with E-state index in [-0.39, 0.29) is 28.8 Å². The standard InChI is InChI=1S/C19H21FN2O3/c1-21-18(25)16(23)15-14(19(21)8-2-9-19)7-10-22(17(15)24)11-12-3-5-13(20)6-4-12/h3-6,14,23H,2,7-11H2,1H3. The van der Waals surface area contributed by atoms with Gasteiger partial charge in [0.2, 0.25) is 0 Å². The van der Waals surface area contributed by atoms with Crippen LogP contribution in [0.1, 0.15) is 31.2 Å². The Labute approximate surface area is 145 Å². The van der Waals surface area contributed by atoms with Gasteiger partial charge in [0.15, 0.2) is 5.76 Å². The van der Waals surface area contributed by atoms with E-state index in [0.717, 1.165) is 31.2 Å². The van der Waals surface area contributed by atoms with Crippen LogP contribution in [0.3, 0.4) is 0 Å². The summed E-state index contributed by atoms with van der Waals surface area (Å²) in [5.74, 6) is -1.55. The van der Waals surface area contributed by atoms with Crippen molar-refractivity contribution in [1.82, 2.24) is 9.80 Å². The molecule has 5 nitrogen and oxygen atoms in total. The van der Waals surface area contributed by atoms with Crippen LogP contribution in [0.2, 0.25) is 0 Å². The molecule has 0 radical (unpaired) electrons. The molecular formula is C19H21FN2O3. The number of aliphatic hydroxyl groups excluding tert-OH is 1. The topological polar surface area (TPSA) is 60.9 Å². The first-order valence-electron chi connectivity index (χ1n) is 8.69. The van der Waals surface area contributed by atoms with E-state index >= 15 is 0 Å². The van der Waals surface area contributed by atoms with Crippen molar-refractivity contribution in [2.45, 2.75) is 37.8 Å². The summed E-state index contributed by atoms with van der Waals surface area (Å²) in [5, 5.41) is 10.4. The van der Waals surface area contributed by atoms with Gasteiger partial charge in [-0.25, -0.2) is 4.39 Å². The molecule has 0 bridgehead atoms. The van der Waals surface area contributed by atoms with Gasteiger partial charge in [-0.2, -0.15) is 0 Å². The van der Waals surface area contributed by atoms with Crippen LogP contribution in [-0.4, -0.2) is 45.9 Å². The zero-order valence-electron chi connectivity index (χ0n) is 14.2. The van der Waals surface area contributed by atoms with Crippen LogP contribution in [0.4, 0.5) is 4.39 Å². The van der Waals surface area contributed by atoms with E-state index in [1.807, 2.05) is 0 Å². The van der Waals surface area contributed by atoms with Gasteiger partial charge < -0.3 is 14.9 Å². The molecule has 1 N–H and O–H groups in total. The Morgan fingerprint density at radius 1 is 1.20 bits per heavy atom. The van der Waals surface area contributed by atoms with Crippen molar-refractivity contribution >= 4 is 11.8 Å². The second-order valence-corrected chi connectivity index (χ2v) is 7.28. The molecule has 1 saturated carbocycles. The summed E-state index contributed by atoms with van der Waals surface area (Å²) in [5.41, 5.74) is 0.790. The van der Waals surface area contributed by atoms with Crippen molar-refractivity contribution in [1.29, 1.82) is 0 Å². The molecule has 1 unspecified atom stereocenters. The minimum absolute atomic E-state index is 0.0964. The smallest absolute Gasteiger partial charge is 0.289 e. The third-order valence-corrected chi connectivity index (χ3v) is 6.14. The number of aliphatic hydroxyl groups is 1. The Hall–Kier alpha value is -2.37. The third kappa shape index (κ3) is 2.27. The molecule has 2 heterocycles. The number of likely N-dealkylation sites (tertiary alicyclic amines) is 1. The summed E-state index contributed by atoms with van der Waals surface area (Å²) in [6, 6.07) is 6.03. The fourth-order valence-electron chi connectivity index (χ4n) is 4.55. The van der Waals surface area contributed by atoms with Gasteiger partial charge in [-0.1, -0.05) is 12.1 Å². The van der Waals surface area contributed by atoms with E-state index in [2.05, 4.69) is 0 Å². The van der Waals surface area contributed by atoms with Gasteiger partial charge in [0, 0.05) is 26.1 Å². The predicted molar refractivity (Wildman–Crippen MR) is 88.9 cm³/mol. The van der Waals surface area contributed by atoms with E-state index in [0.29, 0.717) is 13.1 Å². The first-order chi connectivity index (χ1) is 11.9. The highest BCUT2D eigenvalue weighted by Crippen LogP contribution is 2.52. The van der Waals surface area contributed by atoms with Crippen molar-refractivity contribution in [3.05, 3.63) is 47.0 Å². The van der Waals surface area contributed by atoms with Gasteiger partial charge in [-0.05, 0) is 43.4 Å². The number of fused-ring (bicyclic) bond motifs is 2. The molecule has 1 aromatic carbocycles. The zero-order valence-corrected chi connectivity index (χ0v) is 14.2. The molecular weight excluding hydrogens is 323 g/mol. The highest BCUT2D eigenvalue weighted by atomic mass is 19.1. The summed E-state index contributed by atoms with van der Waals surface area (Å²) in [6.45, 7) is 0.918. The summed E-state index contributed by atoms with van der Waals surface area (Å²) in [7, 11) is 1.73. The first kappa shape index (κ1) is 16.1. The number of likely N-dealkylation sites (N-methyl/N-ethyl adjacent to an activating group) is 1. The van der Waals surface area contributed by atoms with Gasteiger partial charge in [-0.3, -0.25) is 9.59 Å². The molecule has 3 aliphatic rings. The highest BCUT2D eigenvalue weighted by Gasteiger charge is 2.57. The van der Waals surface area contributed by atoms with Crippen LogP contribution in [0.25, 0.3) is 0 Å². The molecule has 1 saturated heterocycles. The number of halogens is 1. The average molecular weight is 344 g/mol. The maximum Gasteiger partial charge on any atom is 0.289 e. The second kappa shape index (κ2) is 5.58. The third-order valence-electron chi connectivity index (χ3n) is 6.14. The minimum Gasteiger partial charge on any atom is -0.503 e. The summed E-state index contributed by atoms with van der Waals surface area (Å²) < 4.78 is 13.1. The van der Waals surface area contributed by atoms with Gasteiger partial charge >= 0.3 is 0 Å². The number of hydrogen-bond donors (Lipinski definition) is 1. The van der Waals surface area contributed by atoms with Gasteiger partial charge in [0.25, 0.3) is 11.8 Å². The number of carbonyl (C=O) groups is 2. The lowest BCUT2D eigenvalue weighted by Crippen LogP contribution is -2.65. The number of hydrogen-bond acceptors (Lipinski definition) is 3. The minimum atomic E-state index is -0.456. The molecule has 4 rings (SSSR count). The average Bonchev–Trinajstić information content (AvgIpc) is 2.56. The molecule has 25 heavy (non-hydrogen) atoms. The zero-order chi connectivity index (χ0) is 17.8. The Kier molecular flexibility index (Phi) is 3.60. The normalized spacial score (nSPS) is 25.3. The van der Waals surface area contributed by atoms with E-state index in [4.69, 9.17) is 0 Å². The molecule has 1 spiro atoms. The molecule has 132 valence electrons. The Morgan fingerprint density at radius 2 is 1.88 bits per heavy atom. The molecule has 0 aromatic heterocycles. The molecule has 1 aliphatic carbocycles. The van der Waals surface area contributed by atoms with Crippen molar-refractivity contribution in [2.75, 3.05) is 13.6 Å². The van der Waals surface area contributed by atoms with Crippen LogP contribution in [0.15, 0.2) is 35.6 Å². The first-order valence-corrected chi connectivity index (χ1v) is 8.69. The monoisotopic (exact) mass is 344 g/mol. The molecule has 2 amide bonds. The summed E-state index contributed by atoms with van der Waals surface area (Å²) >= 11 is 0. The number of rotatable bonds is 2. The highest BCUT2D eigenvalue weighted by molar-refractivity contribution is 6.06. The van der Waals surface area contributed by atoms with Crippen LogP contribution >= 0.6 is 0 Å². The Morgan fingerprint density at radius 3 is 2.48 bits per heavy atom. The number of piperidine rings is 1. The van der Waals surface area contributed by atoms with Crippen LogP contribution < -0.4 is 0 Å². The summed E-state index contributed by atoms with van der Waals surface area (Å²) in [6.07, 6.45) is 3.52. The van der Waals surface area contributed by atoms with E-state index in [1.54, 1.807) is 29.0 Å². The predicted octanol–water partition coefficient (Wildman–Crippen LogP) is 2.38. The van der Waals surface area contributed by atoms with Crippen molar-refractivity contribution < 1.29 is 19.1 Å². The van der Waals surface area contributed by atoms with Crippen molar-refractivity contribution in [3.8, 4) is 0 Å². The Bertz CT molecular complexity index is 767. The fraction of sp³-hybridized carbons (Fsp3) is 0.474. The summed E-state index contributed by atoms with van der Waals surface area (Å²) in [4.78, 5) is 28.7. The molecule has 1 atom stereocenters. The fourth-order valence-corrected chi connectivity index (χ4v) is 4.55. The maximum absolute atomic E-state index is 13.1. The molecule has 6 heteroatoms. The SMILES string of the molecule is CN1C(=O)C(O)=C2C(=O)N(Cc3ccc(F)cc3)CCC2C12CCC2. The van der Waals surface area contributed by atoms with Crippen LogP contribution in [0.5, 0.6) is 0 Å². The lowest BCUT2D eigenvalue weighted by Gasteiger charge is -2.57. The number of carbonyl (C=O) groups excluding carboxylic acids is 2. The lowest BCUT2D eigenvalue weighted by molar-refractivity contribution is -0.150. The quantitative estimate of drug-likeness (QED) is 0.896. The number of nitrogens with zero attached hydrogens (tertiary/aromatic N) is 2. The van der Waals surface area contributed by atoms with E-state index < -0.39 is 11.7 Å². The number of benzene rings is 1. The van der Waals surface area contributed by atoms with Crippen LogP contribution in [0, 0.1) is 11.7 Å². The lowest BCUT2D eigenvalue weighted by atomic mass is 9.60. The van der Waals surface area contributed by atoms with Crippen LogP contribution in [-0.2, 0) is 16.1 Å².